The van der Waals surface area contributed by atoms with Crippen molar-refractivity contribution in [3.05, 3.63) is 71.8 Å². The lowest BCUT2D eigenvalue weighted by molar-refractivity contribution is -0.131. The van der Waals surface area contributed by atoms with E-state index in [4.69, 9.17) is 10.8 Å². The average molecular weight is 310 g/mol. The minimum Gasteiger partial charge on any atom is -0.478 e. The van der Waals surface area contributed by atoms with Gasteiger partial charge in [0.05, 0.1) is 5.69 Å². The van der Waals surface area contributed by atoms with Gasteiger partial charge in [-0.3, -0.25) is 4.79 Å². The molecule has 0 atom stereocenters. The summed E-state index contributed by atoms with van der Waals surface area (Å²) < 4.78 is 0. The number of carbonyl (C=O) groups is 3. The zero-order valence-electron chi connectivity index (χ0n) is 12.0. The number of carboxylic acid groups (broad SMARTS) is 1. The Morgan fingerprint density at radius 3 is 2.17 bits per heavy atom. The zero-order valence-corrected chi connectivity index (χ0v) is 12.0. The summed E-state index contributed by atoms with van der Waals surface area (Å²) in [6.07, 6.45) is 2.22. The number of nitrogens with zero attached hydrogens (tertiary/aromatic N) is 1. The number of urea groups is 1. The largest absolute Gasteiger partial charge is 0.478 e. The topological polar surface area (TPSA) is 101 Å². The van der Waals surface area contributed by atoms with Crippen LogP contribution in [0.1, 0.15) is 15.9 Å². The number of amides is 3. The van der Waals surface area contributed by atoms with E-state index in [9.17, 15) is 14.4 Å². The molecule has 0 saturated heterocycles. The number of carboxylic acids is 1. The van der Waals surface area contributed by atoms with E-state index in [0.717, 1.165) is 11.0 Å². The molecule has 2 rings (SSSR count). The van der Waals surface area contributed by atoms with Crippen molar-refractivity contribution in [3.63, 3.8) is 0 Å². The first kappa shape index (κ1) is 16.0. The summed E-state index contributed by atoms with van der Waals surface area (Å²) >= 11 is 0. The summed E-state index contributed by atoms with van der Waals surface area (Å²) in [6.45, 7) is 0. The van der Waals surface area contributed by atoms with Crippen LogP contribution in [0.25, 0.3) is 6.08 Å². The van der Waals surface area contributed by atoms with Crippen molar-refractivity contribution in [1.82, 2.24) is 0 Å². The summed E-state index contributed by atoms with van der Waals surface area (Å²) in [6, 6.07) is 13.7. The number of primary amides is 1. The van der Waals surface area contributed by atoms with E-state index in [1.807, 2.05) is 0 Å². The lowest BCUT2D eigenvalue weighted by Crippen LogP contribution is -2.41. The van der Waals surface area contributed by atoms with Crippen molar-refractivity contribution >= 4 is 29.7 Å². The van der Waals surface area contributed by atoms with Crippen LogP contribution in [0.4, 0.5) is 10.5 Å². The van der Waals surface area contributed by atoms with E-state index < -0.39 is 17.9 Å². The van der Waals surface area contributed by atoms with E-state index in [1.165, 1.54) is 12.1 Å². The molecular formula is C17H14N2O4. The highest BCUT2D eigenvalue weighted by Crippen LogP contribution is 2.23. The summed E-state index contributed by atoms with van der Waals surface area (Å²) in [5.41, 5.74) is 6.25. The van der Waals surface area contributed by atoms with Crippen molar-refractivity contribution in [3.8, 4) is 0 Å². The maximum Gasteiger partial charge on any atom is 0.328 e. The van der Waals surface area contributed by atoms with Gasteiger partial charge in [0.15, 0.2) is 0 Å². The Morgan fingerprint density at radius 1 is 0.957 bits per heavy atom. The van der Waals surface area contributed by atoms with E-state index in [-0.39, 0.29) is 5.69 Å². The summed E-state index contributed by atoms with van der Waals surface area (Å²) in [7, 11) is 0. The summed E-state index contributed by atoms with van der Waals surface area (Å²) in [5.74, 6) is -1.73. The van der Waals surface area contributed by atoms with Gasteiger partial charge in [-0.2, -0.15) is 0 Å². The predicted octanol–water partition coefficient (Wildman–Crippen LogP) is 2.51. The molecule has 3 amide bonds. The number of aliphatic carboxylic acids is 1. The number of rotatable bonds is 4. The Hall–Kier alpha value is -3.41. The first-order chi connectivity index (χ1) is 11.0. The van der Waals surface area contributed by atoms with Crippen LogP contribution in [0.3, 0.4) is 0 Å². The van der Waals surface area contributed by atoms with E-state index in [1.54, 1.807) is 48.5 Å². The molecule has 3 N–H and O–H groups in total. The Bertz CT molecular complexity index is 769. The van der Waals surface area contributed by atoms with Crippen LogP contribution in [0.5, 0.6) is 0 Å². The molecule has 6 nitrogen and oxygen atoms in total. The highest BCUT2D eigenvalue weighted by Gasteiger charge is 2.24. The number of benzene rings is 2. The number of nitrogens with two attached hydrogens (primary N) is 1. The van der Waals surface area contributed by atoms with Crippen LogP contribution in [0.2, 0.25) is 0 Å². The third-order valence-electron chi connectivity index (χ3n) is 3.03. The Balaban J connectivity index is 2.49. The van der Waals surface area contributed by atoms with Gasteiger partial charge in [-0.05, 0) is 29.8 Å². The van der Waals surface area contributed by atoms with Crippen LogP contribution < -0.4 is 10.6 Å². The fourth-order valence-electron chi connectivity index (χ4n) is 2.03. The number of imide groups is 1. The molecular weight excluding hydrogens is 296 g/mol. The quantitative estimate of drug-likeness (QED) is 0.847. The lowest BCUT2D eigenvalue weighted by Gasteiger charge is -2.20. The normalized spacial score (nSPS) is 10.4. The number of anilines is 1. The lowest BCUT2D eigenvalue weighted by atomic mass is 10.1. The molecule has 0 aromatic heterocycles. The van der Waals surface area contributed by atoms with Gasteiger partial charge in [-0.15, -0.1) is 0 Å². The van der Waals surface area contributed by atoms with Gasteiger partial charge in [0.25, 0.3) is 5.91 Å². The number of hydrogen-bond donors (Lipinski definition) is 2. The molecule has 0 aliphatic carbocycles. The maximum absolute atomic E-state index is 12.6. The Labute approximate surface area is 132 Å². The smallest absolute Gasteiger partial charge is 0.328 e. The molecule has 0 unspecified atom stereocenters. The summed E-state index contributed by atoms with van der Waals surface area (Å²) in [5, 5.41) is 8.74. The maximum atomic E-state index is 12.6. The van der Waals surface area contributed by atoms with Gasteiger partial charge in [0.2, 0.25) is 0 Å². The molecule has 0 aliphatic rings. The van der Waals surface area contributed by atoms with Crippen LogP contribution in [0, 0.1) is 0 Å². The second kappa shape index (κ2) is 7.04. The standard InChI is InChI=1S/C17H14N2O4/c18-17(23)19(16(22)13-7-2-1-3-8-13)14-9-5-4-6-12(14)10-11-15(20)21/h1-11H,(H2,18,23)(H,20,21)/b11-10+. The van der Waals surface area contributed by atoms with Gasteiger partial charge >= 0.3 is 12.0 Å². The highest BCUT2D eigenvalue weighted by molar-refractivity contribution is 6.21. The molecule has 116 valence electrons. The number of para-hydroxylation sites is 1. The van der Waals surface area contributed by atoms with E-state index in [0.29, 0.717) is 11.1 Å². The third-order valence-corrected chi connectivity index (χ3v) is 3.03. The first-order valence-electron chi connectivity index (χ1n) is 6.69. The van der Waals surface area contributed by atoms with Crippen molar-refractivity contribution in [2.24, 2.45) is 5.73 Å². The number of carbonyl (C=O) groups excluding carboxylic acids is 2. The van der Waals surface area contributed by atoms with Crippen LogP contribution in [0.15, 0.2) is 60.7 Å². The minimum atomic E-state index is -1.14. The van der Waals surface area contributed by atoms with Gasteiger partial charge < -0.3 is 10.8 Å². The molecule has 0 radical (unpaired) electrons. The molecule has 0 fully saturated rings. The monoisotopic (exact) mass is 310 g/mol. The van der Waals surface area contributed by atoms with E-state index in [2.05, 4.69) is 0 Å². The van der Waals surface area contributed by atoms with Gasteiger partial charge in [-0.25, -0.2) is 14.5 Å². The van der Waals surface area contributed by atoms with Crippen molar-refractivity contribution in [2.75, 3.05) is 4.90 Å². The summed E-state index contributed by atoms with van der Waals surface area (Å²) in [4.78, 5) is 35.9. The van der Waals surface area contributed by atoms with Gasteiger partial charge in [0.1, 0.15) is 0 Å². The zero-order chi connectivity index (χ0) is 16.8. The Kier molecular flexibility index (Phi) is 4.89. The first-order valence-corrected chi connectivity index (χ1v) is 6.69. The average Bonchev–Trinajstić information content (AvgIpc) is 2.54. The van der Waals surface area contributed by atoms with Gasteiger partial charge in [0, 0.05) is 11.6 Å². The molecule has 6 heteroatoms. The fourth-order valence-corrected chi connectivity index (χ4v) is 2.03. The van der Waals surface area contributed by atoms with Crippen molar-refractivity contribution < 1.29 is 19.5 Å². The van der Waals surface area contributed by atoms with Crippen LogP contribution >= 0.6 is 0 Å². The molecule has 23 heavy (non-hydrogen) atoms. The molecule has 0 bridgehead atoms. The molecule has 0 saturated carbocycles. The second-order valence-corrected chi connectivity index (χ2v) is 4.58. The minimum absolute atomic E-state index is 0.214. The molecule has 0 spiro atoms. The van der Waals surface area contributed by atoms with Crippen molar-refractivity contribution in [2.45, 2.75) is 0 Å². The van der Waals surface area contributed by atoms with E-state index >= 15 is 0 Å². The molecule has 2 aromatic carbocycles. The molecule has 2 aromatic rings. The predicted molar refractivity (Wildman–Crippen MR) is 85.9 cm³/mol. The fraction of sp³-hybridized carbons (Fsp3) is 0. The Morgan fingerprint density at radius 2 is 1.57 bits per heavy atom. The number of hydrogen-bond acceptors (Lipinski definition) is 3. The highest BCUT2D eigenvalue weighted by atomic mass is 16.4. The van der Waals surface area contributed by atoms with Crippen LogP contribution in [-0.2, 0) is 4.79 Å². The third kappa shape index (κ3) is 3.82. The second-order valence-electron chi connectivity index (χ2n) is 4.58. The van der Waals surface area contributed by atoms with Gasteiger partial charge in [-0.1, -0.05) is 36.4 Å². The van der Waals surface area contributed by atoms with Crippen molar-refractivity contribution in [1.29, 1.82) is 0 Å². The SMILES string of the molecule is NC(=O)N(C(=O)c1ccccc1)c1ccccc1/C=C/C(=O)O. The van der Waals surface area contributed by atoms with Crippen LogP contribution in [-0.4, -0.2) is 23.0 Å². The molecule has 0 heterocycles. The molecule has 0 aliphatic heterocycles.